The van der Waals surface area contributed by atoms with Gasteiger partial charge < -0.3 is 10.1 Å². The van der Waals surface area contributed by atoms with Crippen molar-refractivity contribution in [3.8, 4) is 6.07 Å². The van der Waals surface area contributed by atoms with E-state index < -0.39 is 28.0 Å². The molecule has 1 aliphatic heterocycles. The molecule has 0 saturated carbocycles. The van der Waals surface area contributed by atoms with Gasteiger partial charge in [0.05, 0.1) is 22.4 Å². The number of nitrogens with one attached hydrogen (secondary N) is 1. The highest BCUT2D eigenvalue weighted by Crippen LogP contribution is 2.25. The molecule has 0 spiro atoms. The van der Waals surface area contributed by atoms with E-state index in [1.807, 2.05) is 19.9 Å². The quantitative estimate of drug-likeness (QED) is 0.669. The van der Waals surface area contributed by atoms with Gasteiger partial charge in [0.15, 0.2) is 6.10 Å². The van der Waals surface area contributed by atoms with Crippen LogP contribution < -0.4 is 5.32 Å². The summed E-state index contributed by atoms with van der Waals surface area (Å²) >= 11 is 0. The van der Waals surface area contributed by atoms with Crippen molar-refractivity contribution in [3.63, 3.8) is 0 Å². The molecule has 1 fully saturated rings. The zero-order chi connectivity index (χ0) is 21.6. The van der Waals surface area contributed by atoms with Crippen molar-refractivity contribution in [2.75, 3.05) is 19.6 Å². The second kappa shape index (κ2) is 9.85. The Bertz CT molecular complexity index is 866. The molecule has 29 heavy (non-hydrogen) atoms. The highest BCUT2D eigenvalue weighted by molar-refractivity contribution is 7.89. The van der Waals surface area contributed by atoms with E-state index in [0.717, 1.165) is 0 Å². The van der Waals surface area contributed by atoms with Crippen molar-refractivity contribution >= 4 is 21.9 Å². The fourth-order valence-corrected chi connectivity index (χ4v) is 4.42. The highest BCUT2D eigenvalue weighted by Gasteiger charge is 2.33. The fraction of sp³-hybridized carbons (Fsp3) is 0.550. The van der Waals surface area contributed by atoms with Crippen LogP contribution in [0.25, 0.3) is 0 Å². The van der Waals surface area contributed by atoms with Gasteiger partial charge >= 0.3 is 5.97 Å². The Morgan fingerprint density at radius 3 is 2.31 bits per heavy atom. The van der Waals surface area contributed by atoms with Gasteiger partial charge in [0.2, 0.25) is 10.0 Å². The van der Waals surface area contributed by atoms with E-state index in [1.54, 1.807) is 0 Å². The summed E-state index contributed by atoms with van der Waals surface area (Å²) in [6.45, 7) is 6.35. The van der Waals surface area contributed by atoms with E-state index in [4.69, 9.17) is 10.00 Å². The predicted octanol–water partition coefficient (Wildman–Crippen LogP) is 1.66. The Balaban J connectivity index is 1.89. The molecular formula is C20H27N3O5S. The van der Waals surface area contributed by atoms with Gasteiger partial charge in [0.1, 0.15) is 0 Å². The topological polar surface area (TPSA) is 117 Å². The number of benzene rings is 1. The summed E-state index contributed by atoms with van der Waals surface area (Å²) in [5.41, 5.74) is 0.386. The van der Waals surface area contributed by atoms with Gasteiger partial charge in [-0.1, -0.05) is 13.8 Å². The predicted molar refractivity (Wildman–Crippen MR) is 106 cm³/mol. The monoisotopic (exact) mass is 421 g/mol. The Hall–Kier alpha value is -2.44. The zero-order valence-electron chi connectivity index (χ0n) is 16.9. The summed E-state index contributed by atoms with van der Waals surface area (Å²) < 4.78 is 32.1. The van der Waals surface area contributed by atoms with Crippen LogP contribution in [0.15, 0.2) is 29.2 Å². The lowest BCUT2D eigenvalue weighted by Gasteiger charge is -2.30. The van der Waals surface area contributed by atoms with Crippen molar-refractivity contribution in [2.45, 2.75) is 44.6 Å². The number of carbonyl (C=O) groups excluding carboxylic acids is 2. The van der Waals surface area contributed by atoms with Gasteiger partial charge in [-0.3, -0.25) is 9.59 Å². The second-order valence-corrected chi connectivity index (χ2v) is 9.47. The Morgan fingerprint density at radius 1 is 1.21 bits per heavy atom. The van der Waals surface area contributed by atoms with Crippen LogP contribution in [-0.2, 0) is 24.3 Å². The van der Waals surface area contributed by atoms with E-state index in [-0.39, 0.29) is 23.9 Å². The molecular weight excluding hydrogens is 394 g/mol. The molecule has 2 rings (SSSR count). The van der Waals surface area contributed by atoms with Crippen molar-refractivity contribution in [1.29, 1.82) is 5.26 Å². The lowest BCUT2D eigenvalue weighted by Crippen LogP contribution is -2.42. The van der Waals surface area contributed by atoms with Crippen molar-refractivity contribution in [2.24, 2.45) is 11.8 Å². The van der Waals surface area contributed by atoms with Crippen LogP contribution in [0.3, 0.4) is 0 Å². The van der Waals surface area contributed by atoms with Crippen molar-refractivity contribution in [1.82, 2.24) is 9.62 Å². The number of amides is 1. The number of esters is 1. The number of hydrogen-bond donors (Lipinski definition) is 1. The number of rotatable bonds is 7. The normalized spacial score (nSPS) is 16.8. The molecule has 9 heteroatoms. The van der Waals surface area contributed by atoms with Crippen LogP contribution >= 0.6 is 0 Å². The molecule has 1 atom stereocenters. The lowest BCUT2D eigenvalue weighted by molar-refractivity contribution is -0.159. The summed E-state index contributed by atoms with van der Waals surface area (Å²) in [5, 5.41) is 11.6. The van der Waals surface area contributed by atoms with E-state index in [0.29, 0.717) is 30.9 Å². The molecule has 1 aromatic carbocycles. The number of piperidine rings is 1. The smallest absolute Gasteiger partial charge is 0.309 e. The Labute approximate surface area is 171 Å². The largest absolute Gasteiger partial charge is 0.452 e. The third kappa shape index (κ3) is 6.02. The first-order chi connectivity index (χ1) is 13.6. The van der Waals surface area contributed by atoms with E-state index in [9.17, 15) is 18.0 Å². The minimum absolute atomic E-state index is 0.118. The first-order valence-electron chi connectivity index (χ1n) is 9.63. The van der Waals surface area contributed by atoms with Crippen LogP contribution in [0.5, 0.6) is 0 Å². The summed E-state index contributed by atoms with van der Waals surface area (Å²) in [6, 6.07) is 7.69. The maximum atomic E-state index is 12.7. The van der Waals surface area contributed by atoms with Crippen LogP contribution in [0.2, 0.25) is 0 Å². The number of ether oxygens (including phenoxy) is 1. The molecule has 0 radical (unpaired) electrons. The maximum absolute atomic E-state index is 12.7. The number of carbonyl (C=O) groups is 2. The van der Waals surface area contributed by atoms with Crippen LogP contribution in [0.4, 0.5) is 0 Å². The average molecular weight is 422 g/mol. The summed E-state index contributed by atoms with van der Waals surface area (Å²) in [5.74, 6) is -0.965. The average Bonchev–Trinajstić information content (AvgIpc) is 2.71. The molecule has 1 saturated heterocycles. The van der Waals surface area contributed by atoms with E-state index >= 15 is 0 Å². The SMILES string of the molecule is CC(C)CNC(=O)[C@H](C)OC(=O)C1CCN(S(=O)(=O)c2ccc(C#N)cc2)CC1. The van der Waals surface area contributed by atoms with Crippen LogP contribution in [0.1, 0.15) is 39.2 Å². The third-order valence-corrected chi connectivity index (χ3v) is 6.67. The molecule has 1 amide bonds. The highest BCUT2D eigenvalue weighted by atomic mass is 32.2. The molecule has 1 N–H and O–H groups in total. The molecule has 1 aromatic rings. The molecule has 0 bridgehead atoms. The van der Waals surface area contributed by atoms with Gasteiger partial charge in [0.25, 0.3) is 5.91 Å². The van der Waals surface area contributed by atoms with Gasteiger partial charge in [-0.05, 0) is 49.9 Å². The zero-order valence-corrected chi connectivity index (χ0v) is 17.7. The maximum Gasteiger partial charge on any atom is 0.309 e. The summed E-state index contributed by atoms with van der Waals surface area (Å²) in [7, 11) is -3.68. The molecule has 0 aliphatic carbocycles. The van der Waals surface area contributed by atoms with E-state index in [2.05, 4.69) is 5.32 Å². The molecule has 0 aromatic heterocycles. The van der Waals surface area contributed by atoms with Gasteiger partial charge in [-0.15, -0.1) is 0 Å². The lowest BCUT2D eigenvalue weighted by atomic mass is 9.98. The van der Waals surface area contributed by atoms with Crippen molar-refractivity contribution < 1.29 is 22.7 Å². The third-order valence-electron chi connectivity index (χ3n) is 4.76. The molecule has 8 nitrogen and oxygen atoms in total. The number of nitriles is 1. The number of sulfonamides is 1. The minimum Gasteiger partial charge on any atom is -0.452 e. The van der Waals surface area contributed by atoms with E-state index in [1.165, 1.54) is 35.5 Å². The summed E-state index contributed by atoms with van der Waals surface area (Å²) in [6.07, 6.45) is -0.231. The fourth-order valence-electron chi connectivity index (χ4n) is 2.95. The number of hydrogen-bond acceptors (Lipinski definition) is 6. The second-order valence-electron chi connectivity index (χ2n) is 7.53. The Kier molecular flexibility index (Phi) is 7.76. The number of nitrogens with zero attached hydrogens (tertiary/aromatic N) is 2. The minimum atomic E-state index is -3.68. The van der Waals surface area contributed by atoms with Gasteiger partial charge in [0, 0.05) is 19.6 Å². The first kappa shape index (κ1) is 22.8. The van der Waals surface area contributed by atoms with Crippen LogP contribution in [-0.4, -0.2) is 50.3 Å². The van der Waals surface area contributed by atoms with Crippen molar-refractivity contribution in [3.05, 3.63) is 29.8 Å². The van der Waals surface area contributed by atoms with Gasteiger partial charge in [-0.2, -0.15) is 9.57 Å². The van der Waals surface area contributed by atoms with Crippen LogP contribution in [0, 0.1) is 23.2 Å². The molecule has 0 unspecified atom stereocenters. The molecule has 1 aliphatic rings. The summed E-state index contributed by atoms with van der Waals surface area (Å²) in [4.78, 5) is 24.4. The first-order valence-corrected chi connectivity index (χ1v) is 11.1. The standard InChI is InChI=1S/C20H27N3O5S/c1-14(2)13-22-19(24)15(3)28-20(25)17-8-10-23(11-9-17)29(26,27)18-6-4-16(12-21)5-7-18/h4-7,14-15,17H,8-11,13H2,1-3H3,(H,22,24)/t15-/m0/s1. The molecule has 1 heterocycles. The Morgan fingerprint density at radius 2 is 1.79 bits per heavy atom. The van der Waals surface area contributed by atoms with Gasteiger partial charge in [-0.25, -0.2) is 8.42 Å². The molecule has 158 valence electrons.